The summed E-state index contributed by atoms with van der Waals surface area (Å²) in [5.41, 5.74) is 0. The minimum atomic E-state index is -2.15. The lowest BCUT2D eigenvalue weighted by Crippen LogP contribution is -2.68. The van der Waals surface area contributed by atoms with Gasteiger partial charge in [-0.2, -0.15) is 0 Å². The van der Waals surface area contributed by atoms with Crippen LogP contribution in [0.5, 0.6) is 0 Å². The molecule has 0 aliphatic carbocycles. The van der Waals surface area contributed by atoms with Crippen molar-refractivity contribution in [2.45, 2.75) is 154 Å². The first-order valence-corrected chi connectivity index (χ1v) is 17.6. The van der Waals surface area contributed by atoms with E-state index in [-0.39, 0.29) is 0 Å². The normalized spacial score (nSPS) is 53.2. The topological polar surface area (TPSA) is 427 Å². The summed E-state index contributed by atoms with van der Waals surface area (Å²) in [5, 5.41) is 176. The van der Waals surface area contributed by atoms with Crippen molar-refractivity contribution in [3.63, 3.8) is 0 Å². The van der Waals surface area contributed by atoms with Crippen molar-refractivity contribution >= 4 is 0 Å². The van der Waals surface area contributed by atoms with Crippen molar-refractivity contribution in [1.82, 2.24) is 0 Å². The standard InChI is InChI=1S/C30H52O26/c31-1-6-11(36)13(38)18(43)27(49-6)53-23-9(4-34)51-28(19(44)15(23)40)54-24-10(5-35)52-29(20(45)16(24)41)56-25-12(37)7(2-32)50-30(21(25)46)55-22-8(3-33)48-26(47)17(42)14(22)39/h6-47H,1-5H2/t6-,7-,8-,9-,10-,11-,12-,13+,14-,15-,16-,17-,18-,19-,20-,21-,22-,23-,24-,25+,26-,27+,28+,29+,30+/m1/s1. The maximum absolute atomic E-state index is 11.1. The van der Waals surface area contributed by atoms with Crippen LogP contribution in [0.4, 0.5) is 0 Å². The van der Waals surface area contributed by atoms with E-state index in [9.17, 15) is 86.8 Å². The molecule has 17 N–H and O–H groups in total. The average Bonchev–Trinajstić information content (AvgIpc) is 3.19. The molecule has 0 bridgehead atoms. The number of ether oxygens (including phenoxy) is 9. The first kappa shape index (κ1) is 46.0. The van der Waals surface area contributed by atoms with E-state index in [1.165, 1.54) is 0 Å². The van der Waals surface area contributed by atoms with E-state index in [2.05, 4.69) is 0 Å². The van der Waals surface area contributed by atoms with Gasteiger partial charge in [-0.3, -0.25) is 0 Å². The highest BCUT2D eigenvalue weighted by atomic mass is 16.8. The second kappa shape index (κ2) is 19.6. The van der Waals surface area contributed by atoms with Gasteiger partial charge in [-0.15, -0.1) is 0 Å². The smallest absolute Gasteiger partial charge is 0.187 e. The Labute approximate surface area is 316 Å². The molecule has 5 fully saturated rings. The van der Waals surface area contributed by atoms with Crippen LogP contribution in [-0.4, -0.2) is 273 Å². The van der Waals surface area contributed by atoms with Crippen molar-refractivity contribution in [2.24, 2.45) is 0 Å². The number of aliphatic hydroxyl groups excluding tert-OH is 17. The zero-order chi connectivity index (χ0) is 41.3. The van der Waals surface area contributed by atoms with Gasteiger partial charge in [-0.05, 0) is 0 Å². The van der Waals surface area contributed by atoms with Crippen LogP contribution in [0.2, 0.25) is 0 Å². The quantitative estimate of drug-likeness (QED) is 0.0819. The van der Waals surface area contributed by atoms with Crippen LogP contribution in [0, 0.1) is 0 Å². The van der Waals surface area contributed by atoms with Gasteiger partial charge in [0.15, 0.2) is 31.5 Å². The van der Waals surface area contributed by atoms with Crippen molar-refractivity contribution in [2.75, 3.05) is 33.0 Å². The monoisotopic (exact) mass is 828 g/mol. The molecule has 5 heterocycles. The Balaban J connectivity index is 1.26. The molecule has 0 aromatic carbocycles. The van der Waals surface area contributed by atoms with E-state index in [0.717, 1.165) is 0 Å². The van der Waals surface area contributed by atoms with Crippen LogP contribution in [0.3, 0.4) is 0 Å². The third-order valence-corrected chi connectivity index (χ3v) is 10.3. The summed E-state index contributed by atoms with van der Waals surface area (Å²) in [6.07, 6.45) is -46.2. The van der Waals surface area contributed by atoms with Crippen molar-refractivity contribution < 1.29 is 129 Å². The molecule has 0 unspecified atom stereocenters. The summed E-state index contributed by atoms with van der Waals surface area (Å²) in [5.74, 6) is 0. The molecule has 0 spiro atoms. The molecular formula is C30H52O26. The minimum absolute atomic E-state index is 0.814. The van der Waals surface area contributed by atoms with Gasteiger partial charge in [-0.25, -0.2) is 0 Å². The van der Waals surface area contributed by atoms with Gasteiger partial charge in [0.1, 0.15) is 122 Å². The van der Waals surface area contributed by atoms with Crippen LogP contribution < -0.4 is 0 Å². The van der Waals surface area contributed by atoms with Gasteiger partial charge in [0.2, 0.25) is 0 Å². The molecule has 26 nitrogen and oxygen atoms in total. The van der Waals surface area contributed by atoms with E-state index in [1.54, 1.807) is 0 Å². The molecule has 328 valence electrons. The summed E-state index contributed by atoms with van der Waals surface area (Å²) >= 11 is 0. The Bertz CT molecular complexity index is 1200. The Morgan fingerprint density at radius 3 is 0.982 bits per heavy atom. The molecule has 26 heteroatoms. The molecule has 0 radical (unpaired) electrons. The summed E-state index contributed by atoms with van der Waals surface area (Å²) in [4.78, 5) is 0. The van der Waals surface area contributed by atoms with Crippen LogP contribution in [0.15, 0.2) is 0 Å². The van der Waals surface area contributed by atoms with Crippen LogP contribution in [0.1, 0.15) is 0 Å². The van der Waals surface area contributed by atoms with E-state index in [0.29, 0.717) is 0 Å². The number of rotatable bonds is 13. The van der Waals surface area contributed by atoms with Gasteiger partial charge < -0.3 is 129 Å². The molecule has 25 atom stereocenters. The molecule has 0 amide bonds. The highest BCUT2D eigenvalue weighted by Gasteiger charge is 2.56. The number of hydrogen-bond acceptors (Lipinski definition) is 26. The Morgan fingerprint density at radius 2 is 0.571 bits per heavy atom. The molecular weight excluding hydrogens is 776 g/mol. The average molecular weight is 829 g/mol. The first-order valence-electron chi connectivity index (χ1n) is 17.6. The number of aliphatic hydroxyl groups is 17. The Kier molecular flexibility index (Phi) is 16.1. The van der Waals surface area contributed by atoms with E-state index in [4.69, 9.17) is 42.6 Å². The van der Waals surface area contributed by atoms with E-state index < -0.39 is 187 Å². The fourth-order valence-electron chi connectivity index (χ4n) is 7.03. The SMILES string of the molecule is OC[C@H]1O[C@@H](O[C@H]2[C@H](O)[C@@H](O)[C@H](O[C@H]3[C@H](O)[C@@H](O)[C@H](O[C@@H]4[C@@H](O)[C@H](O[C@H]5[C@H](O)[C@@H](O)[C@H](O)O[C@@H]5CO)O[C@H](CO)[C@H]4O)O[C@@H]3CO)O[C@@H]2CO)[C@H](O)[C@@H](O)[C@@H]1O. The predicted octanol–water partition coefficient (Wildman–Crippen LogP) is -11.9. The fraction of sp³-hybridized carbons (Fsp3) is 1.00. The second-order valence-corrected chi connectivity index (χ2v) is 13.9. The summed E-state index contributed by atoms with van der Waals surface area (Å²) < 4.78 is 49.1. The van der Waals surface area contributed by atoms with Gasteiger partial charge in [0, 0.05) is 0 Å². The maximum atomic E-state index is 11.1. The lowest BCUT2D eigenvalue weighted by Gasteiger charge is -2.49. The number of hydrogen-bond donors (Lipinski definition) is 17. The lowest BCUT2D eigenvalue weighted by molar-refractivity contribution is -0.393. The van der Waals surface area contributed by atoms with Gasteiger partial charge in [0.05, 0.1) is 33.0 Å². The molecule has 0 aromatic heterocycles. The van der Waals surface area contributed by atoms with Gasteiger partial charge in [0.25, 0.3) is 0 Å². The molecule has 5 rings (SSSR count). The zero-order valence-electron chi connectivity index (χ0n) is 29.2. The Morgan fingerprint density at radius 1 is 0.268 bits per heavy atom. The molecule has 0 aromatic rings. The third-order valence-electron chi connectivity index (χ3n) is 10.3. The van der Waals surface area contributed by atoms with Crippen LogP contribution >= 0.6 is 0 Å². The zero-order valence-corrected chi connectivity index (χ0v) is 29.2. The van der Waals surface area contributed by atoms with Gasteiger partial charge in [-0.1, -0.05) is 0 Å². The van der Waals surface area contributed by atoms with Crippen LogP contribution in [0.25, 0.3) is 0 Å². The molecule has 5 aliphatic rings. The lowest BCUT2D eigenvalue weighted by atomic mass is 9.95. The fourth-order valence-corrected chi connectivity index (χ4v) is 7.03. The summed E-state index contributed by atoms with van der Waals surface area (Å²) in [6, 6.07) is 0. The van der Waals surface area contributed by atoms with Crippen molar-refractivity contribution in [3.8, 4) is 0 Å². The molecule has 56 heavy (non-hydrogen) atoms. The van der Waals surface area contributed by atoms with E-state index in [1.807, 2.05) is 0 Å². The highest BCUT2D eigenvalue weighted by molar-refractivity contribution is 4.99. The molecule has 5 aliphatic heterocycles. The van der Waals surface area contributed by atoms with Crippen molar-refractivity contribution in [3.05, 3.63) is 0 Å². The van der Waals surface area contributed by atoms with Crippen molar-refractivity contribution in [1.29, 1.82) is 0 Å². The Hall–Kier alpha value is -1.04. The molecule has 0 saturated carbocycles. The van der Waals surface area contributed by atoms with Crippen LogP contribution in [-0.2, 0) is 42.6 Å². The van der Waals surface area contributed by atoms with E-state index >= 15 is 0 Å². The predicted molar refractivity (Wildman–Crippen MR) is 167 cm³/mol. The molecule has 5 saturated heterocycles. The highest BCUT2D eigenvalue weighted by Crippen LogP contribution is 2.35. The first-order chi connectivity index (χ1) is 26.5. The summed E-state index contributed by atoms with van der Waals surface area (Å²) in [7, 11) is 0. The van der Waals surface area contributed by atoms with Gasteiger partial charge >= 0.3 is 0 Å². The minimum Gasteiger partial charge on any atom is -0.394 e. The maximum Gasteiger partial charge on any atom is 0.187 e. The third kappa shape index (κ3) is 9.16. The largest absolute Gasteiger partial charge is 0.394 e. The summed E-state index contributed by atoms with van der Waals surface area (Å²) in [6.45, 7) is -4.53. The second-order valence-electron chi connectivity index (χ2n) is 13.9.